The quantitative estimate of drug-likeness (QED) is 0.757. The summed E-state index contributed by atoms with van der Waals surface area (Å²) in [6.07, 6.45) is 10.9. The van der Waals surface area contributed by atoms with Crippen LogP contribution in [0.3, 0.4) is 0 Å². The zero-order chi connectivity index (χ0) is 10.9. The lowest BCUT2D eigenvalue weighted by atomic mass is 9.96. The van der Waals surface area contributed by atoms with Gasteiger partial charge in [0.05, 0.1) is 0 Å². The first-order chi connectivity index (χ1) is 7.33. The minimum Gasteiger partial charge on any atom is -0.314 e. The predicted octanol–water partition coefficient (Wildman–Crippen LogP) is 3.06. The van der Waals surface area contributed by atoms with Gasteiger partial charge in [-0.05, 0) is 12.8 Å². The van der Waals surface area contributed by atoms with E-state index in [0.717, 1.165) is 6.54 Å². The van der Waals surface area contributed by atoms with E-state index >= 15 is 0 Å². The molecule has 1 aliphatic carbocycles. The lowest BCUT2D eigenvalue weighted by Gasteiger charge is -2.20. The normalized spacial score (nSPS) is 19.5. The fourth-order valence-electron chi connectivity index (χ4n) is 2.25. The second-order valence-corrected chi connectivity index (χ2v) is 4.64. The van der Waals surface area contributed by atoms with Crippen molar-refractivity contribution in [1.29, 1.82) is 0 Å². The van der Waals surface area contributed by atoms with Crippen molar-refractivity contribution in [3.63, 3.8) is 0 Å². The van der Waals surface area contributed by atoms with E-state index in [1.807, 2.05) is 6.92 Å². The third kappa shape index (κ3) is 5.93. The predicted molar refractivity (Wildman–Crippen MR) is 64.0 cm³/mol. The van der Waals surface area contributed by atoms with Gasteiger partial charge in [-0.3, -0.25) is 4.79 Å². The van der Waals surface area contributed by atoms with Gasteiger partial charge in [0.25, 0.3) is 0 Å². The van der Waals surface area contributed by atoms with Gasteiger partial charge in [0.1, 0.15) is 5.78 Å². The Bertz CT molecular complexity index is 171. The van der Waals surface area contributed by atoms with Gasteiger partial charge in [0.15, 0.2) is 0 Å². The molecule has 0 aliphatic heterocycles. The first kappa shape index (κ1) is 12.7. The summed E-state index contributed by atoms with van der Waals surface area (Å²) in [5.74, 6) is 0.383. The van der Waals surface area contributed by atoms with Gasteiger partial charge in [-0.2, -0.15) is 0 Å². The molecule has 0 amide bonds. The van der Waals surface area contributed by atoms with E-state index in [2.05, 4.69) is 5.32 Å². The van der Waals surface area contributed by atoms with Crippen LogP contribution in [0.4, 0.5) is 0 Å². The van der Waals surface area contributed by atoms with Crippen LogP contribution in [0.25, 0.3) is 0 Å². The third-order valence-corrected chi connectivity index (χ3v) is 3.34. The van der Waals surface area contributed by atoms with Crippen LogP contribution in [0.1, 0.15) is 64.7 Å². The number of nitrogens with one attached hydrogen (secondary N) is 1. The number of carbonyl (C=O) groups excluding carboxylic acids is 1. The minimum absolute atomic E-state index is 0.383. The average Bonchev–Trinajstić information content (AvgIpc) is 2.20. The van der Waals surface area contributed by atoms with E-state index in [1.165, 1.54) is 44.9 Å². The van der Waals surface area contributed by atoms with Crippen LogP contribution in [-0.4, -0.2) is 18.4 Å². The lowest BCUT2D eigenvalue weighted by molar-refractivity contribution is -0.118. The second kappa shape index (κ2) is 7.86. The molecule has 1 rings (SSSR count). The highest BCUT2D eigenvalue weighted by Crippen LogP contribution is 2.16. The molecule has 2 heteroatoms. The van der Waals surface area contributed by atoms with Crippen LogP contribution in [0.2, 0.25) is 0 Å². The highest BCUT2D eigenvalue weighted by Gasteiger charge is 2.10. The number of carbonyl (C=O) groups is 1. The molecule has 88 valence electrons. The maximum Gasteiger partial charge on any atom is 0.133 e. The summed E-state index contributed by atoms with van der Waals surface area (Å²) in [5.41, 5.74) is 0. The van der Waals surface area contributed by atoms with E-state index in [1.54, 1.807) is 0 Å². The zero-order valence-electron chi connectivity index (χ0n) is 10.1. The van der Waals surface area contributed by atoms with Gasteiger partial charge in [-0.25, -0.2) is 0 Å². The van der Waals surface area contributed by atoms with Crippen LogP contribution in [0, 0.1) is 0 Å². The first-order valence-electron chi connectivity index (χ1n) is 6.58. The van der Waals surface area contributed by atoms with Crippen LogP contribution in [0.5, 0.6) is 0 Å². The number of Topliss-reactive ketones (excluding diaryl/α,β-unsaturated/α-hetero) is 1. The summed E-state index contributed by atoms with van der Waals surface area (Å²) in [4.78, 5) is 11.1. The molecule has 1 fully saturated rings. The summed E-state index contributed by atoms with van der Waals surface area (Å²) in [6.45, 7) is 2.83. The highest BCUT2D eigenvalue weighted by atomic mass is 16.1. The Kier molecular flexibility index (Phi) is 6.66. The molecule has 2 nitrogen and oxygen atoms in total. The third-order valence-electron chi connectivity index (χ3n) is 3.34. The molecule has 15 heavy (non-hydrogen) atoms. The maximum atomic E-state index is 11.1. The summed E-state index contributed by atoms with van der Waals surface area (Å²) >= 11 is 0. The Labute approximate surface area is 93.8 Å². The monoisotopic (exact) mass is 211 g/mol. The molecule has 0 radical (unpaired) electrons. The molecule has 0 atom stereocenters. The van der Waals surface area contributed by atoms with Gasteiger partial charge in [0.2, 0.25) is 0 Å². The Morgan fingerprint density at radius 2 is 1.73 bits per heavy atom. The highest BCUT2D eigenvalue weighted by molar-refractivity contribution is 5.78. The summed E-state index contributed by atoms with van der Waals surface area (Å²) in [6, 6.07) is 0.676. The van der Waals surface area contributed by atoms with Gasteiger partial charge in [-0.15, -0.1) is 0 Å². The molecule has 1 saturated carbocycles. The average molecular weight is 211 g/mol. The molecule has 1 aliphatic rings. The Morgan fingerprint density at radius 3 is 2.33 bits per heavy atom. The van der Waals surface area contributed by atoms with Crippen molar-refractivity contribution < 1.29 is 4.79 Å². The van der Waals surface area contributed by atoms with Crippen molar-refractivity contribution in [1.82, 2.24) is 5.32 Å². The SMILES string of the molecule is CCC(=O)CCNC1CCCCCCC1. The standard InChI is InChI=1S/C13H25NO/c1-2-13(15)10-11-14-12-8-6-4-3-5-7-9-12/h12,14H,2-11H2,1H3. The largest absolute Gasteiger partial charge is 0.314 e. The van der Waals surface area contributed by atoms with Crippen molar-refractivity contribution in [2.45, 2.75) is 70.8 Å². The van der Waals surface area contributed by atoms with E-state index in [9.17, 15) is 4.79 Å². The van der Waals surface area contributed by atoms with Crippen molar-refractivity contribution >= 4 is 5.78 Å². The van der Waals surface area contributed by atoms with Crippen molar-refractivity contribution in [2.75, 3.05) is 6.54 Å². The number of rotatable bonds is 5. The summed E-state index contributed by atoms with van der Waals surface area (Å²) in [7, 11) is 0. The lowest BCUT2D eigenvalue weighted by Crippen LogP contribution is -2.31. The smallest absolute Gasteiger partial charge is 0.133 e. The molecular weight excluding hydrogens is 186 g/mol. The molecule has 0 heterocycles. The zero-order valence-corrected chi connectivity index (χ0v) is 10.1. The maximum absolute atomic E-state index is 11.1. The van der Waals surface area contributed by atoms with E-state index in [-0.39, 0.29) is 0 Å². The molecule has 0 aromatic rings. The minimum atomic E-state index is 0.383. The molecule has 1 N–H and O–H groups in total. The van der Waals surface area contributed by atoms with Gasteiger partial charge < -0.3 is 5.32 Å². The number of ketones is 1. The van der Waals surface area contributed by atoms with Crippen molar-refractivity contribution in [3.05, 3.63) is 0 Å². The van der Waals surface area contributed by atoms with E-state index in [4.69, 9.17) is 0 Å². The summed E-state index contributed by atoms with van der Waals surface area (Å²) < 4.78 is 0. The molecule has 0 spiro atoms. The number of hydrogen-bond donors (Lipinski definition) is 1. The fraction of sp³-hybridized carbons (Fsp3) is 0.923. The van der Waals surface area contributed by atoms with Crippen LogP contribution in [-0.2, 0) is 4.79 Å². The number of hydrogen-bond acceptors (Lipinski definition) is 2. The van der Waals surface area contributed by atoms with Gasteiger partial charge in [-0.1, -0.05) is 39.0 Å². The summed E-state index contributed by atoms with van der Waals surface area (Å²) in [5, 5.41) is 3.53. The Hall–Kier alpha value is -0.370. The van der Waals surface area contributed by atoms with Crippen LogP contribution in [0.15, 0.2) is 0 Å². The fourth-order valence-corrected chi connectivity index (χ4v) is 2.25. The Balaban J connectivity index is 2.09. The molecule has 0 saturated heterocycles. The Morgan fingerprint density at radius 1 is 1.13 bits per heavy atom. The molecule has 0 bridgehead atoms. The second-order valence-electron chi connectivity index (χ2n) is 4.64. The molecular formula is C13H25NO. The topological polar surface area (TPSA) is 29.1 Å². The molecule has 0 unspecified atom stereocenters. The van der Waals surface area contributed by atoms with Crippen molar-refractivity contribution in [3.8, 4) is 0 Å². The first-order valence-corrected chi connectivity index (χ1v) is 6.58. The van der Waals surface area contributed by atoms with E-state index in [0.29, 0.717) is 24.7 Å². The van der Waals surface area contributed by atoms with Gasteiger partial charge >= 0.3 is 0 Å². The van der Waals surface area contributed by atoms with Crippen molar-refractivity contribution in [2.24, 2.45) is 0 Å². The van der Waals surface area contributed by atoms with Crippen LogP contribution >= 0.6 is 0 Å². The van der Waals surface area contributed by atoms with Crippen LogP contribution < -0.4 is 5.32 Å². The molecule has 0 aromatic heterocycles. The molecule has 0 aromatic carbocycles. The van der Waals surface area contributed by atoms with Gasteiger partial charge in [0, 0.05) is 25.4 Å². The van der Waals surface area contributed by atoms with E-state index < -0.39 is 0 Å².